The van der Waals surface area contributed by atoms with Gasteiger partial charge in [0.1, 0.15) is 0 Å². The Morgan fingerprint density at radius 3 is 2.43 bits per heavy atom. The molecule has 0 aromatic heterocycles. The van der Waals surface area contributed by atoms with E-state index in [0.717, 1.165) is 30.5 Å². The average molecular weight is 308 g/mol. The number of hydrogen-bond acceptors (Lipinski definition) is 3. The van der Waals surface area contributed by atoms with Gasteiger partial charge < -0.3 is 5.32 Å². The van der Waals surface area contributed by atoms with E-state index in [4.69, 9.17) is 0 Å². The van der Waals surface area contributed by atoms with Crippen LogP contribution in [0.25, 0.3) is 0 Å². The molecule has 1 heterocycles. The lowest BCUT2D eigenvalue weighted by Gasteiger charge is -2.19. The Labute approximate surface area is 127 Å². The van der Waals surface area contributed by atoms with Crippen LogP contribution in [0.15, 0.2) is 17.0 Å². The number of rotatable bonds is 5. The van der Waals surface area contributed by atoms with E-state index in [1.165, 1.54) is 18.4 Å². The van der Waals surface area contributed by atoms with E-state index < -0.39 is 10.0 Å². The highest BCUT2D eigenvalue weighted by Crippen LogP contribution is 2.27. The van der Waals surface area contributed by atoms with Crippen LogP contribution in [0.4, 0.5) is 0 Å². The van der Waals surface area contributed by atoms with Crippen molar-refractivity contribution in [2.45, 2.75) is 57.0 Å². The normalized spacial score (nSPS) is 20.1. The topological polar surface area (TPSA) is 49.4 Å². The molecule has 1 N–H and O–H groups in total. The maximum atomic E-state index is 12.8. The molecule has 116 valence electrons. The summed E-state index contributed by atoms with van der Waals surface area (Å²) in [4.78, 5) is 0.489. The summed E-state index contributed by atoms with van der Waals surface area (Å²) in [5, 5.41) is 3.47. The zero-order valence-electron chi connectivity index (χ0n) is 12.9. The Kier molecular flexibility index (Phi) is 4.08. The van der Waals surface area contributed by atoms with Gasteiger partial charge in [0.05, 0.1) is 4.90 Å². The first kappa shape index (κ1) is 15.0. The Balaban J connectivity index is 1.90. The van der Waals surface area contributed by atoms with E-state index in [0.29, 0.717) is 24.0 Å². The fourth-order valence-electron chi connectivity index (χ4n) is 2.95. The van der Waals surface area contributed by atoms with Gasteiger partial charge in [-0.25, -0.2) is 8.42 Å². The lowest BCUT2D eigenvalue weighted by Crippen LogP contribution is -2.28. The van der Waals surface area contributed by atoms with Crippen molar-refractivity contribution >= 4 is 10.0 Å². The summed E-state index contributed by atoms with van der Waals surface area (Å²) in [7, 11) is -3.33. The summed E-state index contributed by atoms with van der Waals surface area (Å²) >= 11 is 0. The number of sulfonamides is 1. The van der Waals surface area contributed by atoms with Crippen LogP contribution in [0.1, 0.15) is 42.4 Å². The van der Waals surface area contributed by atoms with Crippen molar-refractivity contribution in [2.24, 2.45) is 0 Å². The third-order valence-corrected chi connectivity index (χ3v) is 6.52. The molecule has 2 fully saturated rings. The van der Waals surface area contributed by atoms with Crippen molar-refractivity contribution in [1.29, 1.82) is 0 Å². The molecule has 2 aliphatic rings. The number of aryl methyl sites for hydroxylation is 2. The Hall–Kier alpha value is -0.910. The molecule has 0 amide bonds. The highest BCUT2D eigenvalue weighted by atomic mass is 32.2. The lowest BCUT2D eigenvalue weighted by atomic mass is 10.1. The number of benzene rings is 1. The molecule has 0 bridgehead atoms. The molecular formula is C16H24N2O2S. The van der Waals surface area contributed by atoms with E-state index in [1.807, 2.05) is 19.1 Å². The van der Waals surface area contributed by atoms with Crippen molar-refractivity contribution in [3.05, 3.63) is 28.8 Å². The highest BCUT2D eigenvalue weighted by molar-refractivity contribution is 7.89. The van der Waals surface area contributed by atoms with Gasteiger partial charge in [-0.05, 0) is 62.3 Å². The summed E-state index contributed by atoms with van der Waals surface area (Å²) in [5.74, 6) is 0. The van der Waals surface area contributed by atoms with Gasteiger partial charge in [-0.1, -0.05) is 6.07 Å². The average Bonchev–Trinajstić information content (AvgIpc) is 3.08. The molecule has 21 heavy (non-hydrogen) atoms. The van der Waals surface area contributed by atoms with Crippen molar-refractivity contribution in [1.82, 2.24) is 9.62 Å². The molecule has 1 aliphatic carbocycles. The Bertz CT molecular complexity index is 630. The molecule has 5 heteroatoms. The summed E-state index contributed by atoms with van der Waals surface area (Å²) in [6, 6.07) is 4.52. The zero-order valence-corrected chi connectivity index (χ0v) is 13.7. The van der Waals surface area contributed by atoms with Crippen molar-refractivity contribution in [2.75, 3.05) is 13.1 Å². The van der Waals surface area contributed by atoms with E-state index in [1.54, 1.807) is 4.31 Å². The standard InChI is InChI=1S/C16H24N2O2S/c1-12-9-13(2)16(10-14(12)11-17-15-5-6-15)21(19,20)18-7-3-4-8-18/h9-10,15,17H,3-8,11H2,1-2H3. The maximum Gasteiger partial charge on any atom is 0.243 e. The van der Waals surface area contributed by atoms with Crippen LogP contribution in [0.5, 0.6) is 0 Å². The molecule has 0 spiro atoms. The Morgan fingerprint density at radius 2 is 1.81 bits per heavy atom. The van der Waals surface area contributed by atoms with Crippen LogP contribution in [0.2, 0.25) is 0 Å². The van der Waals surface area contributed by atoms with Gasteiger partial charge in [-0.15, -0.1) is 0 Å². The zero-order chi connectivity index (χ0) is 15.0. The predicted octanol–water partition coefficient (Wildman–Crippen LogP) is 2.34. The minimum Gasteiger partial charge on any atom is -0.310 e. The molecular weight excluding hydrogens is 284 g/mol. The highest BCUT2D eigenvalue weighted by Gasteiger charge is 2.29. The molecule has 1 aromatic carbocycles. The summed E-state index contributed by atoms with van der Waals surface area (Å²) in [6.45, 7) is 6.03. The second-order valence-electron chi connectivity index (χ2n) is 6.31. The molecule has 1 saturated carbocycles. The van der Waals surface area contributed by atoms with E-state index in [2.05, 4.69) is 12.2 Å². The predicted molar refractivity (Wildman–Crippen MR) is 83.8 cm³/mol. The van der Waals surface area contributed by atoms with Crippen LogP contribution >= 0.6 is 0 Å². The second-order valence-corrected chi connectivity index (χ2v) is 8.22. The van der Waals surface area contributed by atoms with Gasteiger partial charge in [0.25, 0.3) is 0 Å². The van der Waals surface area contributed by atoms with Gasteiger partial charge in [0, 0.05) is 25.7 Å². The SMILES string of the molecule is Cc1cc(C)c(S(=O)(=O)N2CCCC2)cc1CNC1CC1. The molecule has 3 rings (SSSR count). The van der Waals surface area contributed by atoms with Crippen LogP contribution in [-0.2, 0) is 16.6 Å². The molecule has 4 nitrogen and oxygen atoms in total. The summed E-state index contributed by atoms with van der Waals surface area (Å²) in [6.07, 6.45) is 4.42. The largest absolute Gasteiger partial charge is 0.310 e. The van der Waals surface area contributed by atoms with Gasteiger partial charge >= 0.3 is 0 Å². The smallest absolute Gasteiger partial charge is 0.243 e. The van der Waals surface area contributed by atoms with Crippen molar-refractivity contribution in [3.63, 3.8) is 0 Å². The van der Waals surface area contributed by atoms with E-state index in [-0.39, 0.29) is 0 Å². The van der Waals surface area contributed by atoms with Gasteiger partial charge in [-0.3, -0.25) is 0 Å². The number of nitrogens with one attached hydrogen (secondary N) is 1. The first-order valence-corrected chi connectivity index (χ1v) is 9.26. The van der Waals surface area contributed by atoms with Crippen LogP contribution in [0, 0.1) is 13.8 Å². The van der Waals surface area contributed by atoms with Gasteiger partial charge in [0.2, 0.25) is 10.0 Å². The number of hydrogen-bond donors (Lipinski definition) is 1. The monoisotopic (exact) mass is 308 g/mol. The molecule has 0 radical (unpaired) electrons. The number of nitrogens with zero attached hydrogens (tertiary/aromatic N) is 1. The molecule has 1 aromatic rings. The first-order valence-electron chi connectivity index (χ1n) is 7.82. The van der Waals surface area contributed by atoms with Crippen LogP contribution in [-0.4, -0.2) is 31.9 Å². The van der Waals surface area contributed by atoms with Crippen molar-refractivity contribution in [3.8, 4) is 0 Å². The summed E-state index contributed by atoms with van der Waals surface area (Å²) < 4.78 is 27.2. The third-order valence-electron chi connectivity index (χ3n) is 4.47. The second kappa shape index (κ2) is 5.71. The fourth-order valence-corrected chi connectivity index (χ4v) is 4.73. The van der Waals surface area contributed by atoms with Gasteiger partial charge in [-0.2, -0.15) is 4.31 Å². The molecule has 1 saturated heterocycles. The van der Waals surface area contributed by atoms with Gasteiger partial charge in [0.15, 0.2) is 0 Å². The van der Waals surface area contributed by atoms with E-state index >= 15 is 0 Å². The Morgan fingerprint density at radius 1 is 1.14 bits per heavy atom. The fraction of sp³-hybridized carbons (Fsp3) is 0.625. The minimum atomic E-state index is -3.33. The van der Waals surface area contributed by atoms with Crippen LogP contribution in [0.3, 0.4) is 0 Å². The first-order chi connectivity index (χ1) is 9.98. The minimum absolute atomic E-state index is 0.489. The molecule has 0 atom stereocenters. The van der Waals surface area contributed by atoms with Crippen LogP contribution < -0.4 is 5.32 Å². The molecule has 0 unspecified atom stereocenters. The third kappa shape index (κ3) is 3.15. The summed E-state index contributed by atoms with van der Waals surface area (Å²) in [5.41, 5.74) is 3.13. The maximum absolute atomic E-state index is 12.8. The molecule has 1 aliphatic heterocycles. The lowest BCUT2D eigenvalue weighted by molar-refractivity contribution is 0.477. The quantitative estimate of drug-likeness (QED) is 0.908. The van der Waals surface area contributed by atoms with E-state index in [9.17, 15) is 8.42 Å². The van der Waals surface area contributed by atoms with Crippen molar-refractivity contribution < 1.29 is 8.42 Å².